The summed E-state index contributed by atoms with van der Waals surface area (Å²) in [5, 5.41) is 4.74. The summed E-state index contributed by atoms with van der Waals surface area (Å²) in [7, 11) is 0. The van der Waals surface area contributed by atoms with E-state index in [1.165, 1.54) is 14.5 Å². The SMILES string of the molecule is CC(C)(C)NCCc1coc2ccc(I)cc12. The first-order valence-electron chi connectivity index (χ1n) is 5.86. The Hall–Kier alpha value is -0.550. The molecular formula is C14H18INO. The van der Waals surface area contributed by atoms with E-state index in [2.05, 4.69) is 60.8 Å². The molecule has 0 spiro atoms. The van der Waals surface area contributed by atoms with E-state index in [-0.39, 0.29) is 5.54 Å². The molecule has 0 fully saturated rings. The zero-order valence-electron chi connectivity index (χ0n) is 10.5. The molecule has 2 rings (SSSR count). The molecule has 0 saturated carbocycles. The molecule has 0 unspecified atom stereocenters. The van der Waals surface area contributed by atoms with Crippen LogP contribution in [-0.2, 0) is 6.42 Å². The normalized spacial score (nSPS) is 12.2. The number of halogens is 1. The molecule has 0 saturated heterocycles. The molecule has 0 aliphatic carbocycles. The van der Waals surface area contributed by atoms with Crippen LogP contribution in [0.1, 0.15) is 26.3 Å². The average molecular weight is 343 g/mol. The van der Waals surface area contributed by atoms with Gasteiger partial charge < -0.3 is 9.73 Å². The molecule has 1 aromatic carbocycles. The molecule has 17 heavy (non-hydrogen) atoms. The predicted octanol–water partition coefficient (Wildman–Crippen LogP) is 3.97. The van der Waals surface area contributed by atoms with E-state index >= 15 is 0 Å². The summed E-state index contributed by atoms with van der Waals surface area (Å²) >= 11 is 2.34. The molecule has 1 heterocycles. The zero-order valence-corrected chi connectivity index (χ0v) is 12.7. The van der Waals surface area contributed by atoms with E-state index < -0.39 is 0 Å². The van der Waals surface area contributed by atoms with Crippen molar-refractivity contribution < 1.29 is 4.42 Å². The van der Waals surface area contributed by atoms with Crippen molar-refractivity contribution in [2.45, 2.75) is 32.7 Å². The van der Waals surface area contributed by atoms with Crippen molar-refractivity contribution in [1.29, 1.82) is 0 Å². The van der Waals surface area contributed by atoms with Gasteiger partial charge >= 0.3 is 0 Å². The molecule has 0 bridgehead atoms. The number of furan rings is 1. The third kappa shape index (κ3) is 3.45. The lowest BCUT2D eigenvalue weighted by molar-refractivity contribution is 0.429. The zero-order chi connectivity index (χ0) is 12.5. The van der Waals surface area contributed by atoms with Crippen molar-refractivity contribution in [3.63, 3.8) is 0 Å². The molecular weight excluding hydrogens is 325 g/mol. The highest BCUT2D eigenvalue weighted by atomic mass is 127. The van der Waals surface area contributed by atoms with Crippen LogP contribution in [-0.4, -0.2) is 12.1 Å². The lowest BCUT2D eigenvalue weighted by Crippen LogP contribution is -2.37. The van der Waals surface area contributed by atoms with Crippen LogP contribution >= 0.6 is 22.6 Å². The molecule has 92 valence electrons. The van der Waals surface area contributed by atoms with Gasteiger partial charge in [0.1, 0.15) is 5.58 Å². The topological polar surface area (TPSA) is 25.2 Å². The van der Waals surface area contributed by atoms with Gasteiger partial charge in [0.05, 0.1) is 6.26 Å². The number of rotatable bonds is 3. The van der Waals surface area contributed by atoms with E-state index in [1.54, 1.807) is 0 Å². The number of nitrogens with one attached hydrogen (secondary N) is 1. The van der Waals surface area contributed by atoms with Crippen LogP contribution in [0.3, 0.4) is 0 Å². The second-order valence-electron chi connectivity index (χ2n) is 5.33. The predicted molar refractivity (Wildman–Crippen MR) is 80.4 cm³/mol. The highest BCUT2D eigenvalue weighted by Gasteiger charge is 2.10. The van der Waals surface area contributed by atoms with Gasteiger partial charge in [-0.1, -0.05) is 0 Å². The van der Waals surface area contributed by atoms with Crippen molar-refractivity contribution in [3.8, 4) is 0 Å². The van der Waals surface area contributed by atoms with Crippen LogP contribution in [0.15, 0.2) is 28.9 Å². The fourth-order valence-corrected chi connectivity index (χ4v) is 2.31. The molecule has 0 aliphatic rings. The second kappa shape index (κ2) is 4.98. The summed E-state index contributed by atoms with van der Waals surface area (Å²) in [5.74, 6) is 0. The van der Waals surface area contributed by atoms with Crippen LogP contribution in [0.4, 0.5) is 0 Å². The summed E-state index contributed by atoms with van der Waals surface area (Å²) in [6.07, 6.45) is 2.88. The first-order valence-corrected chi connectivity index (χ1v) is 6.94. The Morgan fingerprint density at radius 3 is 2.76 bits per heavy atom. The maximum Gasteiger partial charge on any atom is 0.134 e. The van der Waals surface area contributed by atoms with Gasteiger partial charge in [-0.2, -0.15) is 0 Å². The van der Waals surface area contributed by atoms with Gasteiger partial charge in [0, 0.05) is 14.5 Å². The van der Waals surface area contributed by atoms with Crippen molar-refractivity contribution in [2.75, 3.05) is 6.54 Å². The van der Waals surface area contributed by atoms with Gasteiger partial charge in [-0.05, 0) is 80.1 Å². The molecule has 0 atom stereocenters. The Kier molecular flexibility index (Phi) is 3.78. The summed E-state index contributed by atoms with van der Waals surface area (Å²) in [6.45, 7) is 7.53. The lowest BCUT2D eigenvalue weighted by atomic mass is 10.1. The maximum atomic E-state index is 5.56. The van der Waals surface area contributed by atoms with E-state index in [0.717, 1.165) is 18.5 Å². The monoisotopic (exact) mass is 343 g/mol. The summed E-state index contributed by atoms with van der Waals surface area (Å²) < 4.78 is 6.81. The molecule has 2 aromatic rings. The van der Waals surface area contributed by atoms with E-state index in [9.17, 15) is 0 Å². The van der Waals surface area contributed by atoms with Crippen LogP contribution in [0.2, 0.25) is 0 Å². The van der Waals surface area contributed by atoms with Crippen molar-refractivity contribution in [3.05, 3.63) is 33.6 Å². The van der Waals surface area contributed by atoms with Gasteiger partial charge in [-0.25, -0.2) is 0 Å². The molecule has 2 nitrogen and oxygen atoms in total. The first-order chi connectivity index (χ1) is 7.96. The Morgan fingerprint density at radius 2 is 2.06 bits per heavy atom. The van der Waals surface area contributed by atoms with Crippen molar-refractivity contribution in [2.24, 2.45) is 0 Å². The number of benzene rings is 1. The first kappa shape index (κ1) is 12.9. The van der Waals surface area contributed by atoms with Gasteiger partial charge in [-0.15, -0.1) is 0 Å². The quantitative estimate of drug-likeness (QED) is 0.854. The Morgan fingerprint density at radius 1 is 1.29 bits per heavy atom. The fourth-order valence-electron chi connectivity index (χ4n) is 1.82. The minimum Gasteiger partial charge on any atom is -0.464 e. The highest BCUT2D eigenvalue weighted by Crippen LogP contribution is 2.23. The Bertz CT molecular complexity index is 510. The summed E-state index contributed by atoms with van der Waals surface area (Å²) in [4.78, 5) is 0. The fraction of sp³-hybridized carbons (Fsp3) is 0.429. The largest absolute Gasteiger partial charge is 0.464 e. The molecule has 0 radical (unpaired) electrons. The van der Waals surface area contributed by atoms with Crippen LogP contribution in [0.5, 0.6) is 0 Å². The average Bonchev–Trinajstić information content (AvgIpc) is 2.59. The maximum absolute atomic E-state index is 5.56. The van der Waals surface area contributed by atoms with Gasteiger partial charge in [0.25, 0.3) is 0 Å². The molecule has 1 N–H and O–H groups in total. The van der Waals surface area contributed by atoms with E-state index in [0.29, 0.717) is 0 Å². The number of hydrogen-bond donors (Lipinski definition) is 1. The molecule has 1 aromatic heterocycles. The van der Waals surface area contributed by atoms with Crippen molar-refractivity contribution in [1.82, 2.24) is 5.32 Å². The lowest BCUT2D eigenvalue weighted by Gasteiger charge is -2.20. The standard InChI is InChI=1S/C14H18INO/c1-14(2,3)16-7-6-10-9-17-13-5-4-11(15)8-12(10)13/h4-5,8-9,16H,6-7H2,1-3H3. The van der Waals surface area contributed by atoms with Crippen molar-refractivity contribution >= 4 is 33.6 Å². The summed E-state index contributed by atoms with van der Waals surface area (Å²) in [6, 6.07) is 6.30. The second-order valence-corrected chi connectivity index (χ2v) is 6.57. The molecule has 0 amide bonds. The minimum atomic E-state index is 0.175. The van der Waals surface area contributed by atoms with Gasteiger partial charge in [-0.3, -0.25) is 0 Å². The van der Waals surface area contributed by atoms with Crippen LogP contribution in [0.25, 0.3) is 11.0 Å². The van der Waals surface area contributed by atoms with Gasteiger partial charge in [0.15, 0.2) is 0 Å². The molecule has 3 heteroatoms. The van der Waals surface area contributed by atoms with E-state index in [4.69, 9.17) is 4.42 Å². The summed E-state index contributed by atoms with van der Waals surface area (Å²) in [5.41, 5.74) is 2.44. The third-order valence-corrected chi connectivity index (χ3v) is 3.34. The minimum absolute atomic E-state index is 0.175. The highest BCUT2D eigenvalue weighted by molar-refractivity contribution is 14.1. The smallest absolute Gasteiger partial charge is 0.134 e. The van der Waals surface area contributed by atoms with Crippen LogP contribution in [0, 0.1) is 3.57 Å². The van der Waals surface area contributed by atoms with E-state index in [1.807, 2.05) is 12.3 Å². The molecule has 0 aliphatic heterocycles. The Labute approximate surface area is 116 Å². The Balaban J connectivity index is 2.11. The van der Waals surface area contributed by atoms with Crippen LogP contribution < -0.4 is 5.32 Å². The number of fused-ring (bicyclic) bond motifs is 1. The number of hydrogen-bond acceptors (Lipinski definition) is 2. The van der Waals surface area contributed by atoms with Gasteiger partial charge in [0.2, 0.25) is 0 Å². The third-order valence-electron chi connectivity index (χ3n) is 2.67.